The zero-order valence-corrected chi connectivity index (χ0v) is 11.5. The van der Waals surface area contributed by atoms with Gasteiger partial charge in [0.1, 0.15) is 6.29 Å². The molecule has 18 heavy (non-hydrogen) atoms. The van der Waals surface area contributed by atoms with Gasteiger partial charge >= 0.3 is 0 Å². The highest BCUT2D eigenvalue weighted by Crippen LogP contribution is 2.51. The van der Waals surface area contributed by atoms with Gasteiger partial charge in [0, 0.05) is 5.41 Å². The lowest BCUT2D eigenvalue weighted by Crippen LogP contribution is -2.30. The van der Waals surface area contributed by atoms with Crippen molar-refractivity contribution >= 4 is 6.29 Å². The van der Waals surface area contributed by atoms with E-state index in [1.165, 1.54) is 5.56 Å². The molecular weight excluding hydrogens is 224 g/mol. The fourth-order valence-corrected chi connectivity index (χ4v) is 2.74. The molecule has 2 nitrogen and oxygen atoms in total. The Balaban J connectivity index is 1.95. The summed E-state index contributed by atoms with van der Waals surface area (Å²) >= 11 is 0. The highest BCUT2D eigenvalue weighted by molar-refractivity contribution is 5.61. The number of ether oxygens (including phenoxy) is 1. The second-order valence-corrected chi connectivity index (χ2v) is 6.25. The van der Waals surface area contributed by atoms with Gasteiger partial charge in [0.05, 0.1) is 12.7 Å². The Morgan fingerprint density at radius 3 is 2.44 bits per heavy atom. The van der Waals surface area contributed by atoms with Gasteiger partial charge in [0.25, 0.3) is 0 Å². The van der Waals surface area contributed by atoms with Crippen LogP contribution in [0.15, 0.2) is 30.3 Å². The first-order valence-electron chi connectivity index (χ1n) is 6.59. The van der Waals surface area contributed by atoms with Gasteiger partial charge in [-0.25, -0.2) is 0 Å². The predicted molar refractivity (Wildman–Crippen MR) is 72.2 cm³/mol. The zero-order valence-electron chi connectivity index (χ0n) is 11.5. The van der Waals surface area contributed by atoms with Crippen molar-refractivity contribution in [2.75, 3.05) is 0 Å². The third-order valence-corrected chi connectivity index (χ3v) is 4.52. The Hall–Kier alpha value is -1.15. The molecule has 0 unspecified atom stereocenters. The first-order valence-corrected chi connectivity index (χ1v) is 6.59. The molecule has 1 aromatic rings. The SMILES string of the molecule is CC1(C)C[C@@H](OCc2ccccc2)C[C@@]1(C)C=O. The molecule has 0 aliphatic heterocycles. The summed E-state index contributed by atoms with van der Waals surface area (Å²) in [7, 11) is 0. The monoisotopic (exact) mass is 246 g/mol. The van der Waals surface area contributed by atoms with Crippen LogP contribution in [-0.2, 0) is 16.1 Å². The van der Waals surface area contributed by atoms with Crippen molar-refractivity contribution in [2.45, 2.75) is 46.3 Å². The second-order valence-electron chi connectivity index (χ2n) is 6.25. The minimum atomic E-state index is -0.256. The Morgan fingerprint density at radius 1 is 1.22 bits per heavy atom. The molecule has 1 aromatic carbocycles. The van der Waals surface area contributed by atoms with Crippen LogP contribution in [-0.4, -0.2) is 12.4 Å². The molecule has 1 aliphatic carbocycles. The standard InChI is InChI=1S/C16H22O2/c1-15(2)9-14(10-16(15,3)12-17)18-11-13-7-5-4-6-8-13/h4-8,12,14H,9-11H2,1-3H3/t14-,16+/m1/s1. The van der Waals surface area contributed by atoms with Crippen LogP contribution in [0.3, 0.4) is 0 Å². The molecule has 2 atom stereocenters. The first kappa shape index (κ1) is 13.3. The number of carbonyl (C=O) groups is 1. The maximum absolute atomic E-state index is 11.3. The average Bonchev–Trinajstić information content (AvgIpc) is 2.59. The van der Waals surface area contributed by atoms with E-state index in [9.17, 15) is 4.79 Å². The van der Waals surface area contributed by atoms with Crippen LogP contribution in [0.2, 0.25) is 0 Å². The molecular formula is C16H22O2. The van der Waals surface area contributed by atoms with Gasteiger partial charge in [-0.05, 0) is 23.8 Å². The Morgan fingerprint density at radius 2 is 1.89 bits per heavy atom. The van der Waals surface area contributed by atoms with Crippen molar-refractivity contribution in [3.05, 3.63) is 35.9 Å². The number of benzene rings is 1. The third kappa shape index (κ3) is 2.49. The molecule has 0 saturated heterocycles. The highest BCUT2D eigenvalue weighted by Gasteiger charge is 2.50. The molecule has 0 spiro atoms. The molecule has 98 valence electrons. The van der Waals surface area contributed by atoms with Crippen molar-refractivity contribution < 1.29 is 9.53 Å². The van der Waals surface area contributed by atoms with Gasteiger partial charge in [-0.1, -0.05) is 51.1 Å². The van der Waals surface area contributed by atoms with Crippen molar-refractivity contribution in [2.24, 2.45) is 10.8 Å². The minimum Gasteiger partial charge on any atom is -0.373 e. The van der Waals surface area contributed by atoms with E-state index in [1.807, 2.05) is 25.1 Å². The highest BCUT2D eigenvalue weighted by atomic mass is 16.5. The zero-order chi connectivity index (χ0) is 13.2. The van der Waals surface area contributed by atoms with Gasteiger partial charge in [-0.15, -0.1) is 0 Å². The Bertz CT molecular complexity index is 410. The van der Waals surface area contributed by atoms with Crippen LogP contribution in [0.25, 0.3) is 0 Å². The maximum atomic E-state index is 11.3. The van der Waals surface area contributed by atoms with Crippen molar-refractivity contribution in [3.63, 3.8) is 0 Å². The van der Waals surface area contributed by atoms with Gasteiger partial charge < -0.3 is 9.53 Å². The second kappa shape index (κ2) is 4.85. The number of rotatable bonds is 4. The quantitative estimate of drug-likeness (QED) is 0.759. The predicted octanol–water partition coefficient (Wildman–Crippen LogP) is 3.60. The van der Waals surface area contributed by atoms with Crippen molar-refractivity contribution in [1.29, 1.82) is 0 Å². The smallest absolute Gasteiger partial charge is 0.126 e. The molecule has 2 heteroatoms. The first-order chi connectivity index (χ1) is 8.47. The molecule has 0 bridgehead atoms. The normalized spacial score (nSPS) is 30.3. The van der Waals surface area contributed by atoms with Crippen LogP contribution in [0, 0.1) is 10.8 Å². The van der Waals surface area contributed by atoms with Gasteiger partial charge in [-0.2, -0.15) is 0 Å². The van der Waals surface area contributed by atoms with Gasteiger partial charge in [-0.3, -0.25) is 0 Å². The molecule has 2 rings (SSSR count). The molecule has 0 radical (unpaired) electrons. The van der Waals surface area contributed by atoms with Crippen molar-refractivity contribution in [3.8, 4) is 0 Å². The van der Waals surface area contributed by atoms with Crippen molar-refractivity contribution in [1.82, 2.24) is 0 Å². The molecule has 0 heterocycles. The lowest BCUT2D eigenvalue weighted by molar-refractivity contribution is -0.119. The lowest BCUT2D eigenvalue weighted by atomic mass is 9.70. The van der Waals surface area contributed by atoms with Gasteiger partial charge in [0.2, 0.25) is 0 Å². The summed E-state index contributed by atoms with van der Waals surface area (Å²) in [6.07, 6.45) is 3.08. The fourth-order valence-electron chi connectivity index (χ4n) is 2.74. The molecule has 1 aliphatic rings. The van der Waals surface area contributed by atoms with E-state index in [1.54, 1.807) is 0 Å². The van der Waals surface area contributed by atoms with Crippen LogP contribution in [0.1, 0.15) is 39.2 Å². The van der Waals surface area contributed by atoms with Gasteiger partial charge in [0.15, 0.2) is 0 Å². The fraction of sp³-hybridized carbons (Fsp3) is 0.562. The van der Waals surface area contributed by atoms with E-state index in [0.717, 1.165) is 19.1 Å². The number of carbonyl (C=O) groups excluding carboxylic acids is 1. The molecule has 1 fully saturated rings. The molecule has 0 N–H and O–H groups in total. The summed E-state index contributed by atoms with van der Waals surface area (Å²) < 4.78 is 5.96. The summed E-state index contributed by atoms with van der Waals surface area (Å²) in [5.74, 6) is 0. The number of hydrogen-bond donors (Lipinski definition) is 0. The van der Waals surface area contributed by atoms with E-state index in [-0.39, 0.29) is 16.9 Å². The summed E-state index contributed by atoms with van der Waals surface area (Å²) in [4.78, 5) is 11.3. The minimum absolute atomic E-state index is 0.0239. The maximum Gasteiger partial charge on any atom is 0.126 e. The number of hydrogen-bond acceptors (Lipinski definition) is 2. The lowest BCUT2D eigenvalue weighted by Gasteiger charge is -2.32. The Labute approximate surface area is 109 Å². The van der Waals surface area contributed by atoms with Crippen LogP contribution >= 0.6 is 0 Å². The summed E-state index contributed by atoms with van der Waals surface area (Å²) in [6.45, 7) is 7.00. The van der Waals surface area contributed by atoms with E-state index in [4.69, 9.17) is 4.74 Å². The number of aldehydes is 1. The molecule has 0 amide bonds. The van der Waals surface area contributed by atoms with Crippen LogP contribution in [0.4, 0.5) is 0 Å². The van der Waals surface area contributed by atoms with Crippen LogP contribution < -0.4 is 0 Å². The largest absolute Gasteiger partial charge is 0.373 e. The Kier molecular flexibility index (Phi) is 3.58. The van der Waals surface area contributed by atoms with E-state index < -0.39 is 0 Å². The topological polar surface area (TPSA) is 26.3 Å². The van der Waals surface area contributed by atoms with E-state index in [2.05, 4.69) is 26.0 Å². The van der Waals surface area contributed by atoms with E-state index >= 15 is 0 Å². The third-order valence-electron chi connectivity index (χ3n) is 4.52. The molecule has 1 saturated carbocycles. The average molecular weight is 246 g/mol. The summed E-state index contributed by atoms with van der Waals surface area (Å²) in [6, 6.07) is 10.2. The van der Waals surface area contributed by atoms with E-state index in [0.29, 0.717) is 6.61 Å². The molecule has 0 aromatic heterocycles. The van der Waals surface area contributed by atoms with Crippen LogP contribution in [0.5, 0.6) is 0 Å². The summed E-state index contributed by atoms with van der Waals surface area (Å²) in [5.41, 5.74) is 0.958. The summed E-state index contributed by atoms with van der Waals surface area (Å²) in [5, 5.41) is 0.